The van der Waals surface area contributed by atoms with Gasteiger partial charge in [0.05, 0.1) is 13.0 Å². The number of carbonyl (C=O) groups is 1. The van der Waals surface area contributed by atoms with Crippen molar-refractivity contribution in [1.82, 2.24) is 14.7 Å². The molecule has 6 heteroatoms. The van der Waals surface area contributed by atoms with Crippen LogP contribution in [0.4, 0.5) is 4.39 Å². The van der Waals surface area contributed by atoms with Gasteiger partial charge >= 0.3 is 0 Å². The van der Waals surface area contributed by atoms with Gasteiger partial charge in [-0.2, -0.15) is 0 Å². The molecule has 1 aliphatic heterocycles. The molecule has 3 heterocycles. The largest absolute Gasteiger partial charge is 0.381 e. The number of rotatable bonds is 4. The molecule has 1 fully saturated rings. The van der Waals surface area contributed by atoms with Gasteiger partial charge in [-0.15, -0.1) is 0 Å². The Bertz CT molecular complexity index is 635. The van der Waals surface area contributed by atoms with E-state index < -0.39 is 12.1 Å². The zero-order valence-electron chi connectivity index (χ0n) is 11.7. The highest BCUT2D eigenvalue weighted by atomic mass is 19.1. The Morgan fingerprint density at radius 2 is 2.29 bits per heavy atom. The average Bonchev–Trinajstić information content (AvgIpc) is 3.01. The minimum atomic E-state index is -0.493. The van der Waals surface area contributed by atoms with Gasteiger partial charge < -0.3 is 14.5 Å². The summed E-state index contributed by atoms with van der Waals surface area (Å²) in [5, 5.41) is 2.81. The van der Waals surface area contributed by atoms with Crippen molar-refractivity contribution in [1.29, 1.82) is 0 Å². The third kappa shape index (κ3) is 2.90. The van der Waals surface area contributed by atoms with Crippen LogP contribution in [0.2, 0.25) is 0 Å². The number of nitrogens with zero attached hydrogens (tertiary/aromatic N) is 2. The first-order valence-electron chi connectivity index (χ1n) is 7.07. The van der Waals surface area contributed by atoms with Gasteiger partial charge in [0.25, 0.3) is 5.91 Å². The van der Waals surface area contributed by atoms with Crippen LogP contribution in [0, 0.1) is 5.41 Å². The molecule has 0 atom stereocenters. The number of hydrogen-bond acceptors (Lipinski definition) is 3. The maximum absolute atomic E-state index is 13.3. The lowest BCUT2D eigenvalue weighted by Crippen LogP contribution is -2.43. The molecule has 5 nitrogen and oxygen atoms in total. The predicted octanol–water partition coefficient (Wildman–Crippen LogP) is 1.83. The van der Waals surface area contributed by atoms with Crippen molar-refractivity contribution in [3.63, 3.8) is 0 Å². The van der Waals surface area contributed by atoms with E-state index in [0.29, 0.717) is 38.3 Å². The molecule has 1 aliphatic rings. The molecule has 0 aliphatic carbocycles. The molecule has 112 valence electrons. The lowest BCUT2D eigenvalue weighted by Gasteiger charge is -2.34. The molecular weight excluding hydrogens is 273 g/mol. The number of alkyl halides is 1. The van der Waals surface area contributed by atoms with Crippen LogP contribution in [0.3, 0.4) is 0 Å². The summed E-state index contributed by atoms with van der Waals surface area (Å²) in [5.74, 6) is -0.266. The van der Waals surface area contributed by atoms with Gasteiger partial charge in [0.2, 0.25) is 0 Å². The Hall–Kier alpha value is -1.95. The molecule has 0 saturated carbocycles. The second-order valence-electron chi connectivity index (χ2n) is 5.54. The first-order valence-corrected chi connectivity index (χ1v) is 7.07. The summed E-state index contributed by atoms with van der Waals surface area (Å²) in [5.41, 5.74) is 0.760. The van der Waals surface area contributed by atoms with Gasteiger partial charge in [0, 0.05) is 36.9 Å². The van der Waals surface area contributed by atoms with Crippen molar-refractivity contribution in [2.45, 2.75) is 12.8 Å². The Morgan fingerprint density at radius 1 is 1.48 bits per heavy atom. The van der Waals surface area contributed by atoms with Crippen molar-refractivity contribution < 1.29 is 13.9 Å². The number of aromatic nitrogens is 2. The van der Waals surface area contributed by atoms with Gasteiger partial charge in [0.15, 0.2) is 0 Å². The van der Waals surface area contributed by atoms with Gasteiger partial charge in [0.1, 0.15) is 5.69 Å². The molecular formula is C15H18FN3O2. The van der Waals surface area contributed by atoms with E-state index in [1.807, 2.05) is 22.7 Å². The minimum Gasteiger partial charge on any atom is -0.381 e. The Kier molecular flexibility index (Phi) is 3.88. The van der Waals surface area contributed by atoms with Gasteiger partial charge in [-0.3, -0.25) is 9.18 Å². The first-order chi connectivity index (χ1) is 10.2. The molecule has 3 rings (SSSR count). The van der Waals surface area contributed by atoms with Crippen molar-refractivity contribution in [3.05, 3.63) is 36.4 Å². The quantitative estimate of drug-likeness (QED) is 0.935. The summed E-state index contributed by atoms with van der Waals surface area (Å²) in [6, 6.07) is 5.51. The van der Waals surface area contributed by atoms with E-state index >= 15 is 0 Å². The molecule has 1 amide bonds. The smallest absolute Gasteiger partial charge is 0.270 e. The Balaban J connectivity index is 1.67. The number of nitrogens with one attached hydrogen (secondary N) is 1. The Morgan fingerprint density at radius 3 is 3.05 bits per heavy atom. The molecule has 2 aromatic heterocycles. The molecule has 0 bridgehead atoms. The fourth-order valence-electron chi connectivity index (χ4n) is 2.58. The average molecular weight is 291 g/mol. The van der Waals surface area contributed by atoms with Gasteiger partial charge in [-0.1, -0.05) is 0 Å². The van der Waals surface area contributed by atoms with Crippen molar-refractivity contribution in [2.24, 2.45) is 5.41 Å². The maximum Gasteiger partial charge on any atom is 0.270 e. The van der Waals surface area contributed by atoms with Crippen LogP contribution in [-0.4, -0.2) is 41.7 Å². The first kappa shape index (κ1) is 14.0. The second-order valence-corrected chi connectivity index (χ2v) is 5.54. The van der Waals surface area contributed by atoms with E-state index in [1.54, 1.807) is 12.4 Å². The number of amides is 1. The predicted molar refractivity (Wildman–Crippen MR) is 76.0 cm³/mol. The topological polar surface area (TPSA) is 55.6 Å². The van der Waals surface area contributed by atoms with E-state index in [0.717, 1.165) is 5.52 Å². The zero-order chi connectivity index (χ0) is 14.7. The number of halogens is 1. The summed E-state index contributed by atoms with van der Waals surface area (Å²) in [7, 11) is 0. The fourth-order valence-corrected chi connectivity index (χ4v) is 2.58. The minimum absolute atomic E-state index is 0.266. The van der Waals surface area contributed by atoms with Crippen LogP contribution in [0.1, 0.15) is 23.3 Å². The highest BCUT2D eigenvalue weighted by Gasteiger charge is 2.33. The van der Waals surface area contributed by atoms with E-state index in [-0.39, 0.29) is 5.91 Å². The molecule has 0 unspecified atom stereocenters. The molecule has 21 heavy (non-hydrogen) atoms. The van der Waals surface area contributed by atoms with Crippen molar-refractivity contribution >= 4 is 11.4 Å². The fraction of sp³-hybridized carbons (Fsp3) is 0.467. The SMILES string of the molecule is O=C(NCC1(CF)CCOCC1)c1cc2cccn2cn1. The highest BCUT2D eigenvalue weighted by molar-refractivity contribution is 5.93. The molecule has 0 aromatic carbocycles. The van der Waals surface area contributed by atoms with Crippen LogP contribution in [-0.2, 0) is 4.74 Å². The lowest BCUT2D eigenvalue weighted by molar-refractivity contribution is 0.00259. The summed E-state index contributed by atoms with van der Waals surface area (Å²) in [6.07, 6.45) is 4.73. The summed E-state index contributed by atoms with van der Waals surface area (Å²) in [6.45, 7) is 0.976. The summed E-state index contributed by atoms with van der Waals surface area (Å²) < 4.78 is 20.4. The number of ether oxygens (including phenoxy) is 1. The molecule has 1 N–H and O–H groups in total. The third-order valence-electron chi connectivity index (χ3n) is 4.11. The van der Waals surface area contributed by atoms with Crippen molar-refractivity contribution in [2.75, 3.05) is 26.4 Å². The highest BCUT2D eigenvalue weighted by Crippen LogP contribution is 2.30. The van der Waals surface area contributed by atoms with Gasteiger partial charge in [-0.25, -0.2) is 4.98 Å². The normalized spacial score (nSPS) is 17.8. The summed E-state index contributed by atoms with van der Waals surface area (Å²) in [4.78, 5) is 16.3. The molecule has 0 radical (unpaired) electrons. The van der Waals surface area contributed by atoms with E-state index in [9.17, 15) is 9.18 Å². The molecule has 2 aromatic rings. The van der Waals surface area contributed by atoms with Crippen LogP contribution in [0.5, 0.6) is 0 Å². The lowest BCUT2D eigenvalue weighted by atomic mass is 9.81. The molecule has 0 spiro atoms. The van der Waals surface area contributed by atoms with Crippen LogP contribution >= 0.6 is 0 Å². The Labute approximate surface area is 122 Å². The third-order valence-corrected chi connectivity index (χ3v) is 4.11. The standard InChI is InChI=1S/C15H18FN3O2/c16-9-15(3-6-21-7-4-15)10-17-14(20)13-8-12-2-1-5-19(12)11-18-13/h1-2,5,8,11H,3-4,6-7,9-10H2,(H,17,20). The number of fused-ring (bicyclic) bond motifs is 1. The van der Waals surface area contributed by atoms with Crippen molar-refractivity contribution in [3.8, 4) is 0 Å². The van der Waals surface area contributed by atoms with E-state index in [2.05, 4.69) is 10.3 Å². The second kappa shape index (κ2) is 5.81. The van der Waals surface area contributed by atoms with E-state index in [1.165, 1.54) is 0 Å². The van der Waals surface area contributed by atoms with Gasteiger partial charge in [-0.05, 0) is 31.0 Å². The monoisotopic (exact) mass is 291 g/mol. The number of hydrogen-bond donors (Lipinski definition) is 1. The maximum atomic E-state index is 13.3. The van der Waals surface area contributed by atoms with Crippen LogP contribution < -0.4 is 5.32 Å². The zero-order valence-corrected chi connectivity index (χ0v) is 11.7. The van der Waals surface area contributed by atoms with Crippen LogP contribution in [0.25, 0.3) is 5.52 Å². The van der Waals surface area contributed by atoms with Crippen LogP contribution in [0.15, 0.2) is 30.7 Å². The van der Waals surface area contributed by atoms with E-state index in [4.69, 9.17) is 4.74 Å². The summed E-state index contributed by atoms with van der Waals surface area (Å²) >= 11 is 0. The molecule has 1 saturated heterocycles. The number of carbonyl (C=O) groups excluding carboxylic acids is 1.